The van der Waals surface area contributed by atoms with E-state index in [0.717, 1.165) is 18.7 Å². The Morgan fingerprint density at radius 1 is 1.03 bits per heavy atom. The molecule has 0 spiro atoms. The minimum Gasteiger partial charge on any atom is -0.481 e. The van der Waals surface area contributed by atoms with Gasteiger partial charge < -0.3 is 14.2 Å². The van der Waals surface area contributed by atoms with E-state index in [1.54, 1.807) is 43.3 Å². The molecule has 0 bridgehead atoms. The summed E-state index contributed by atoms with van der Waals surface area (Å²) in [6.07, 6.45) is -0.564. The second-order valence-electron chi connectivity index (χ2n) is 7.33. The molecule has 162 valence electrons. The maximum absolute atomic E-state index is 12.7. The average molecular weight is 461 g/mol. The van der Waals surface area contributed by atoms with Crippen LogP contribution in [0.4, 0.5) is 0 Å². The number of aromatic nitrogens is 2. The van der Waals surface area contributed by atoms with Crippen LogP contribution >= 0.6 is 23.2 Å². The number of piperazine rings is 1. The molecule has 0 saturated carbocycles. The van der Waals surface area contributed by atoms with Gasteiger partial charge in [-0.3, -0.25) is 9.69 Å². The summed E-state index contributed by atoms with van der Waals surface area (Å²) in [5, 5.41) is 5.34. The molecule has 31 heavy (non-hydrogen) atoms. The van der Waals surface area contributed by atoms with Crippen LogP contribution in [0.25, 0.3) is 11.4 Å². The SMILES string of the molecule is CC(Oc1ccc(Cl)cc1)C(=O)N1CCN(Cc2nc(-c3ccc(Cl)cc3)no2)CC1. The van der Waals surface area contributed by atoms with Gasteiger partial charge in [0.1, 0.15) is 5.75 Å². The molecule has 1 aromatic heterocycles. The highest BCUT2D eigenvalue weighted by atomic mass is 35.5. The molecule has 3 aromatic rings. The number of hydrogen-bond donors (Lipinski definition) is 0. The minimum absolute atomic E-state index is 0.0302. The molecule has 1 aliphatic heterocycles. The van der Waals surface area contributed by atoms with E-state index in [9.17, 15) is 4.79 Å². The third kappa shape index (κ3) is 5.55. The first-order valence-corrected chi connectivity index (χ1v) is 10.8. The number of ether oxygens (including phenoxy) is 1. The van der Waals surface area contributed by atoms with E-state index in [-0.39, 0.29) is 5.91 Å². The summed E-state index contributed by atoms with van der Waals surface area (Å²) < 4.78 is 11.1. The zero-order chi connectivity index (χ0) is 21.8. The molecule has 0 radical (unpaired) electrons. The molecule has 2 aromatic carbocycles. The normalized spacial score (nSPS) is 15.6. The Morgan fingerprint density at radius 3 is 2.29 bits per heavy atom. The van der Waals surface area contributed by atoms with E-state index >= 15 is 0 Å². The summed E-state index contributed by atoms with van der Waals surface area (Å²) >= 11 is 11.8. The average Bonchev–Trinajstić information content (AvgIpc) is 3.24. The molecule has 1 unspecified atom stereocenters. The third-order valence-corrected chi connectivity index (χ3v) is 5.59. The van der Waals surface area contributed by atoms with Crippen LogP contribution in [-0.4, -0.2) is 58.1 Å². The number of halogens is 2. The lowest BCUT2D eigenvalue weighted by Gasteiger charge is -2.35. The molecular formula is C22H22Cl2N4O3. The van der Waals surface area contributed by atoms with E-state index < -0.39 is 6.10 Å². The van der Waals surface area contributed by atoms with Gasteiger partial charge in [0.15, 0.2) is 6.10 Å². The van der Waals surface area contributed by atoms with Crippen LogP contribution < -0.4 is 4.74 Å². The first-order chi connectivity index (χ1) is 15.0. The molecule has 7 nitrogen and oxygen atoms in total. The van der Waals surface area contributed by atoms with Crippen molar-refractivity contribution in [2.45, 2.75) is 19.6 Å². The van der Waals surface area contributed by atoms with Gasteiger partial charge in [-0.25, -0.2) is 0 Å². The van der Waals surface area contributed by atoms with Crippen LogP contribution in [0.1, 0.15) is 12.8 Å². The van der Waals surface area contributed by atoms with Gasteiger partial charge in [-0.15, -0.1) is 0 Å². The van der Waals surface area contributed by atoms with Crippen molar-refractivity contribution in [2.75, 3.05) is 26.2 Å². The Morgan fingerprint density at radius 2 is 1.65 bits per heavy atom. The Bertz CT molecular complexity index is 1020. The highest BCUT2D eigenvalue weighted by Gasteiger charge is 2.27. The van der Waals surface area contributed by atoms with Crippen molar-refractivity contribution in [3.63, 3.8) is 0 Å². The maximum Gasteiger partial charge on any atom is 0.263 e. The van der Waals surface area contributed by atoms with Gasteiger partial charge in [0.05, 0.1) is 6.54 Å². The zero-order valence-electron chi connectivity index (χ0n) is 17.0. The molecule has 2 heterocycles. The summed E-state index contributed by atoms with van der Waals surface area (Å²) in [5.41, 5.74) is 0.851. The van der Waals surface area contributed by atoms with Gasteiger partial charge in [-0.05, 0) is 55.5 Å². The molecule has 1 saturated heterocycles. The van der Waals surface area contributed by atoms with Crippen molar-refractivity contribution >= 4 is 29.1 Å². The fraction of sp³-hybridized carbons (Fsp3) is 0.318. The summed E-state index contributed by atoms with van der Waals surface area (Å²) in [6.45, 7) is 4.98. The number of hydrogen-bond acceptors (Lipinski definition) is 6. The van der Waals surface area contributed by atoms with E-state index in [1.807, 2.05) is 17.0 Å². The fourth-order valence-corrected chi connectivity index (χ4v) is 3.63. The van der Waals surface area contributed by atoms with E-state index in [2.05, 4.69) is 15.0 Å². The van der Waals surface area contributed by atoms with Crippen molar-refractivity contribution in [3.8, 4) is 17.1 Å². The number of carbonyl (C=O) groups excluding carboxylic acids is 1. The van der Waals surface area contributed by atoms with Gasteiger partial charge in [-0.1, -0.05) is 28.4 Å². The van der Waals surface area contributed by atoms with Crippen LogP contribution in [0.15, 0.2) is 53.1 Å². The van der Waals surface area contributed by atoms with Crippen molar-refractivity contribution in [3.05, 3.63) is 64.5 Å². The molecule has 1 amide bonds. The topological polar surface area (TPSA) is 71.7 Å². The molecule has 9 heteroatoms. The smallest absolute Gasteiger partial charge is 0.263 e. The zero-order valence-corrected chi connectivity index (χ0v) is 18.5. The Balaban J connectivity index is 1.27. The van der Waals surface area contributed by atoms with Gasteiger partial charge in [-0.2, -0.15) is 4.98 Å². The van der Waals surface area contributed by atoms with Crippen molar-refractivity contribution in [1.29, 1.82) is 0 Å². The standard InChI is InChI=1S/C22H22Cl2N4O3/c1-15(30-19-8-6-18(24)7-9-19)22(29)28-12-10-27(11-13-28)14-20-25-21(26-31-20)16-2-4-17(23)5-3-16/h2-9,15H,10-14H2,1H3. The largest absolute Gasteiger partial charge is 0.481 e. The number of carbonyl (C=O) groups is 1. The van der Waals surface area contributed by atoms with Gasteiger partial charge in [0, 0.05) is 41.8 Å². The number of amides is 1. The van der Waals surface area contributed by atoms with Crippen LogP contribution in [0, 0.1) is 0 Å². The summed E-state index contributed by atoms with van der Waals surface area (Å²) in [7, 11) is 0. The summed E-state index contributed by atoms with van der Waals surface area (Å²) in [6, 6.07) is 14.3. The molecule has 4 rings (SSSR count). The number of benzene rings is 2. The fourth-order valence-electron chi connectivity index (χ4n) is 3.38. The van der Waals surface area contributed by atoms with Gasteiger partial charge in [0.2, 0.25) is 11.7 Å². The lowest BCUT2D eigenvalue weighted by atomic mass is 10.2. The lowest BCUT2D eigenvalue weighted by molar-refractivity contribution is -0.139. The van der Waals surface area contributed by atoms with Gasteiger partial charge in [0.25, 0.3) is 5.91 Å². The van der Waals surface area contributed by atoms with Crippen molar-refractivity contribution < 1.29 is 14.1 Å². The molecular weight excluding hydrogens is 439 g/mol. The summed E-state index contributed by atoms with van der Waals surface area (Å²) in [4.78, 5) is 21.2. The first-order valence-electron chi connectivity index (χ1n) is 10.00. The first kappa shape index (κ1) is 21.6. The van der Waals surface area contributed by atoms with Crippen LogP contribution in [0.5, 0.6) is 5.75 Å². The highest BCUT2D eigenvalue weighted by Crippen LogP contribution is 2.20. The van der Waals surface area contributed by atoms with Crippen LogP contribution in [0.3, 0.4) is 0 Å². The monoisotopic (exact) mass is 460 g/mol. The summed E-state index contributed by atoms with van der Waals surface area (Å²) in [5.74, 6) is 1.67. The molecule has 1 aliphatic rings. The van der Waals surface area contributed by atoms with E-state index in [0.29, 0.717) is 47.1 Å². The van der Waals surface area contributed by atoms with Crippen molar-refractivity contribution in [2.24, 2.45) is 0 Å². The molecule has 0 aliphatic carbocycles. The Hall–Kier alpha value is -2.61. The quantitative estimate of drug-likeness (QED) is 0.549. The van der Waals surface area contributed by atoms with Crippen LogP contribution in [-0.2, 0) is 11.3 Å². The second kappa shape index (κ2) is 9.68. The van der Waals surface area contributed by atoms with Crippen molar-refractivity contribution in [1.82, 2.24) is 19.9 Å². The number of rotatable bonds is 6. The minimum atomic E-state index is -0.564. The Labute approximate surface area is 190 Å². The van der Waals surface area contributed by atoms with Crippen LogP contribution in [0.2, 0.25) is 10.0 Å². The highest BCUT2D eigenvalue weighted by molar-refractivity contribution is 6.30. The van der Waals surface area contributed by atoms with E-state index in [1.165, 1.54) is 0 Å². The predicted molar refractivity (Wildman–Crippen MR) is 118 cm³/mol. The number of nitrogens with zero attached hydrogens (tertiary/aromatic N) is 4. The molecule has 0 N–H and O–H groups in total. The lowest BCUT2D eigenvalue weighted by Crippen LogP contribution is -2.51. The van der Waals surface area contributed by atoms with E-state index in [4.69, 9.17) is 32.5 Å². The third-order valence-electron chi connectivity index (χ3n) is 5.09. The second-order valence-corrected chi connectivity index (χ2v) is 8.21. The predicted octanol–water partition coefficient (Wildman–Crippen LogP) is 4.16. The Kier molecular flexibility index (Phi) is 6.75. The maximum atomic E-state index is 12.7. The molecule has 1 atom stereocenters. The molecule has 1 fully saturated rings. The van der Waals surface area contributed by atoms with Gasteiger partial charge >= 0.3 is 0 Å².